The summed E-state index contributed by atoms with van der Waals surface area (Å²) < 4.78 is 17.0. The van der Waals surface area contributed by atoms with Crippen LogP contribution in [0.3, 0.4) is 0 Å². The van der Waals surface area contributed by atoms with Crippen LogP contribution in [0.15, 0.2) is 0 Å². The summed E-state index contributed by atoms with van der Waals surface area (Å²) in [6.45, 7) is 0. The van der Waals surface area contributed by atoms with Gasteiger partial charge in [0.1, 0.15) is 0 Å². The van der Waals surface area contributed by atoms with E-state index in [0.29, 0.717) is 0 Å². The van der Waals surface area contributed by atoms with Crippen LogP contribution >= 0.6 is 16.5 Å². The first-order chi connectivity index (χ1) is 3.46. The van der Waals surface area contributed by atoms with E-state index in [-0.39, 0.29) is 17.1 Å². The van der Waals surface area contributed by atoms with Gasteiger partial charge in [0.05, 0.1) is 0 Å². The van der Waals surface area contributed by atoms with Crippen LogP contribution < -0.4 is 19.6 Å². The molecule has 6 nitrogen and oxygen atoms in total. The van der Waals surface area contributed by atoms with Gasteiger partial charge >= 0.3 is 0 Å². The predicted molar refractivity (Wildman–Crippen MR) is 15.2 cm³/mol. The fourth-order valence-electron chi connectivity index (χ4n) is 0. The molecule has 0 heterocycles. The molecule has 0 saturated heterocycles. The smallest absolute Gasteiger partial charge is 0.276 e. The average Bonchev–Trinajstić information content (AvgIpc) is 1.25. The van der Waals surface area contributed by atoms with Crippen LogP contribution in [0.25, 0.3) is 0 Å². The van der Waals surface area contributed by atoms with Crippen molar-refractivity contribution in [2.45, 2.75) is 0 Å². The van der Waals surface area contributed by atoms with Gasteiger partial charge in [-0.1, -0.05) is 9.13 Å². The van der Waals surface area contributed by atoms with Crippen molar-refractivity contribution >= 4 is 16.5 Å². The van der Waals surface area contributed by atoms with Gasteiger partial charge in [0, 0.05) is 17.1 Å². The number of rotatable bonds is 0. The van der Waals surface area contributed by atoms with Gasteiger partial charge in [-0.3, -0.25) is 0 Å². The summed E-state index contributed by atoms with van der Waals surface area (Å²) in [5.41, 5.74) is 0. The quantitative estimate of drug-likeness (QED) is 0.306. The maximum absolute atomic E-state index is 8.48. The van der Waals surface area contributed by atoms with Gasteiger partial charge in [-0.15, -0.1) is 0 Å². The SMILES string of the molecule is O=[P+]([O-])[O-].O=[P+]([O-])[O-].[Mn]. The normalized spacial score (nSPS) is 5.78. The van der Waals surface area contributed by atoms with Crippen molar-refractivity contribution in [2.24, 2.45) is 0 Å². The van der Waals surface area contributed by atoms with Crippen molar-refractivity contribution in [1.29, 1.82) is 0 Å². The Morgan fingerprint density at radius 2 is 0.778 bits per heavy atom. The minimum absolute atomic E-state index is 0. The van der Waals surface area contributed by atoms with E-state index in [0.717, 1.165) is 0 Å². The molecule has 0 fully saturated rings. The Bertz CT molecular complexity index is 69.1. The topological polar surface area (TPSA) is 126 Å². The van der Waals surface area contributed by atoms with Crippen LogP contribution in [0.1, 0.15) is 0 Å². The third kappa shape index (κ3) is 1180. The summed E-state index contributed by atoms with van der Waals surface area (Å²) in [6, 6.07) is 0. The monoisotopic (exact) mass is 213 g/mol. The molecule has 0 aliphatic heterocycles. The summed E-state index contributed by atoms with van der Waals surface area (Å²) in [5.74, 6) is 0. The second-order valence-electron chi connectivity index (χ2n) is 0.447. The molecule has 0 spiro atoms. The van der Waals surface area contributed by atoms with E-state index in [1.54, 1.807) is 0 Å². The van der Waals surface area contributed by atoms with Gasteiger partial charge in [-0.05, 0) is 0 Å². The zero-order valence-corrected chi connectivity index (χ0v) is 6.69. The van der Waals surface area contributed by atoms with E-state index in [9.17, 15) is 0 Å². The third-order valence-electron chi connectivity index (χ3n) is 0. The van der Waals surface area contributed by atoms with E-state index in [1.807, 2.05) is 0 Å². The largest absolute Gasteiger partial charge is 0.598 e. The summed E-state index contributed by atoms with van der Waals surface area (Å²) in [7, 11) is -6.74. The molecule has 1 radical (unpaired) electrons. The van der Waals surface area contributed by atoms with Crippen LogP contribution in [0, 0.1) is 0 Å². The van der Waals surface area contributed by atoms with Crippen molar-refractivity contribution in [3.8, 4) is 0 Å². The number of hydrogen-bond acceptors (Lipinski definition) is 6. The molecular weight excluding hydrogens is 213 g/mol. The van der Waals surface area contributed by atoms with Crippen LogP contribution in [0.4, 0.5) is 0 Å². The van der Waals surface area contributed by atoms with Crippen molar-refractivity contribution in [1.82, 2.24) is 0 Å². The second-order valence-corrected chi connectivity index (χ2v) is 1.34. The summed E-state index contributed by atoms with van der Waals surface area (Å²) in [5, 5.41) is 0. The fraction of sp³-hybridized carbons (Fsp3) is 0. The van der Waals surface area contributed by atoms with Gasteiger partial charge in [-0.2, -0.15) is 0 Å². The van der Waals surface area contributed by atoms with Gasteiger partial charge in [-0.25, -0.2) is 0 Å². The molecule has 0 aromatic carbocycles. The summed E-state index contributed by atoms with van der Waals surface area (Å²) in [4.78, 5) is 33.9. The van der Waals surface area contributed by atoms with Gasteiger partial charge in [0.2, 0.25) is 0 Å². The van der Waals surface area contributed by atoms with Crippen LogP contribution in [0.5, 0.6) is 0 Å². The minimum atomic E-state index is -3.37. The fourth-order valence-corrected chi connectivity index (χ4v) is 0. The van der Waals surface area contributed by atoms with Crippen LogP contribution in [-0.2, 0) is 26.2 Å². The van der Waals surface area contributed by atoms with Gasteiger partial charge in [0.25, 0.3) is 16.5 Å². The molecule has 0 rings (SSSR count). The Hall–Kier alpha value is 0.559. The first-order valence-corrected chi connectivity index (χ1v) is 3.29. The zero-order chi connectivity index (χ0) is 7.15. The van der Waals surface area contributed by atoms with Crippen molar-refractivity contribution < 1.29 is 45.8 Å². The molecular formula is MnO6P2-2. The Morgan fingerprint density at radius 3 is 0.778 bits per heavy atom. The molecule has 0 aromatic heterocycles. The standard InChI is InChI=1S/Mn.2HO3P/c;2*1-4(2)3/h;2*(H,1,2,3)/p-2. The molecule has 0 aromatic rings. The molecule has 0 unspecified atom stereocenters. The van der Waals surface area contributed by atoms with E-state index in [4.69, 9.17) is 28.7 Å². The first-order valence-electron chi connectivity index (χ1n) is 1.10. The van der Waals surface area contributed by atoms with Crippen LogP contribution in [-0.4, -0.2) is 0 Å². The maximum atomic E-state index is 8.48. The summed E-state index contributed by atoms with van der Waals surface area (Å²) >= 11 is 0. The van der Waals surface area contributed by atoms with Crippen molar-refractivity contribution in [3.63, 3.8) is 0 Å². The molecule has 0 bridgehead atoms. The Balaban J connectivity index is -0.0000000720. The van der Waals surface area contributed by atoms with Crippen molar-refractivity contribution in [2.75, 3.05) is 0 Å². The van der Waals surface area contributed by atoms with E-state index in [2.05, 4.69) is 0 Å². The average molecular weight is 213 g/mol. The van der Waals surface area contributed by atoms with E-state index in [1.165, 1.54) is 0 Å². The minimum Gasteiger partial charge on any atom is -0.598 e. The van der Waals surface area contributed by atoms with Gasteiger partial charge in [0.15, 0.2) is 0 Å². The molecule has 0 amide bonds. The zero-order valence-electron chi connectivity index (χ0n) is 3.72. The molecule has 9 heavy (non-hydrogen) atoms. The molecule has 0 atom stereocenters. The molecule has 9 heteroatoms. The van der Waals surface area contributed by atoms with Crippen molar-refractivity contribution in [3.05, 3.63) is 0 Å². The molecule has 0 saturated carbocycles. The Kier molecular flexibility index (Phi) is 20.6. The molecule has 55 valence electrons. The second kappa shape index (κ2) is 11.4. The molecule has 0 N–H and O–H groups in total. The molecule has 0 aliphatic rings. The molecule has 0 aliphatic carbocycles. The van der Waals surface area contributed by atoms with Gasteiger partial charge < -0.3 is 19.6 Å². The Labute approximate surface area is 62.9 Å². The first kappa shape index (κ1) is 16.3. The maximum Gasteiger partial charge on any atom is 0.276 e. The van der Waals surface area contributed by atoms with Crippen LogP contribution in [0.2, 0.25) is 0 Å². The van der Waals surface area contributed by atoms with E-state index >= 15 is 0 Å². The third-order valence-corrected chi connectivity index (χ3v) is 0. The predicted octanol–water partition coefficient (Wildman–Crippen LogP) is -3.27. The Morgan fingerprint density at radius 1 is 0.778 bits per heavy atom. The summed E-state index contributed by atoms with van der Waals surface area (Å²) in [6.07, 6.45) is 0. The number of hydrogen-bond donors (Lipinski definition) is 0. The van der Waals surface area contributed by atoms with E-state index < -0.39 is 16.5 Å².